The van der Waals surface area contributed by atoms with Crippen molar-refractivity contribution >= 4 is 5.78 Å². The summed E-state index contributed by atoms with van der Waals surface area (Å²) in [6, 6.07) is 6.07. The third kappa shape index (κ3) is 1.13. The molecule has 12 heavy (non-hydrogen) atoms. The van der Waals surface area contributed by atoms with Crippen molar-refractivity contribution in [2.75, 3.05) is 0 Å². The molecule has 0 spiro atoms. The summed E-state index contributed by atoms with van der Waals surface area (Å²) in [5.74, 6) is 0.547. The largest absolute Gasteiger partial charge is 0.292 e. The normalized spacial score (nSPS) is 22.1. The van der Waals surface area contributed by atoms with E-state index in [0.29, 0.717) is 12.3 Å². The lowest BCUT2D eigenvalue weighted by molar-refractivity contribution is -0.695. The lowest BCUT2D eigenvalue weighted by Gasteiger charge is -2.13. The molecule has 2 nitrogen and oxygen atoms in total. The Labute approximate surface area is 71.8 Å². The molecule has 0 aromatic carbocycles. The van der Waals surface area contributed by atoms with Gasteiger partial charge in [-0.25, -0.2) is 0 Å². The number of Topliss-reactive ketones (excluding diaryl/α,β-unsaturated/α-hetero) is 1. The van der Waals surface area contributed by atoms with Gasteiger partial charge >= 0.3 is 0 Å². The summed E-state index contributed by atoms with van der Waals surface area (Å²) in [5.41, 5.74) is 1.27. The van der Waals surface area contributed by atoms with E-state index in [-0.39, 0.29) is 5.92 Å². The van der Waals surface area contributed by atoms with Gasteiger partial charge in [0.2, 0.25) is 12.3 Å². The first kappa shape index (κ1) is 7.47. The van der Waals surface area contributed by atoms with Crippen molar-refractivity contribution in [2.45, 2.75) is 19.9 Å². The number of aromatic nitrogens is 1. The van der Waals surface area contributed by atoms with Crippen molar-refractivity contribution in [3.05, 3.63) is 30.1 Å². The highest BCUT2D eigenvalue weighted by atomic mass is 16.1. The second kappa shape index (κ2) is 2.70. The van der Waals surface area contributed by atoms with Gasteiger partial charge in [0, 0.05) is 24.5 Å². The first-order chi connectivity index (χ1) is 5.77. The lowest BCUT2D eigenvalue weighted by atomic mass is 9.96. The van der Waals surface area contributed by atoms with Gasteiger partial charge in [-0.15, -0.1) is 0 Å². The predicted octanol–water partition coefficient (Wildman–Crippen LogP) is 0.735. The van der Waals surface area contributed by atoms with Crippen molar-refractivity contribution in [3.63, 3.8) is 0 Å². The highest BCUT2D eigenvalue weighted by Crippen LogP contribution is 2.10. The number of pyridine rings is 1. The topological polar surface area (TPSA) is 20.9 Å². The first-order valence-electron chi connectivity index (χ1n) is 4.27. The molecule has 0 saturated carbocycles. The van der Waals surface area contributed by atoms with Crippen LogP contribution in [0.4, 0.5) is 0 Å². The van der Waals surface area contributed by atoms with Crippen LogP contribution in [0.2, 0.25) is 0 Å². The second-order valence-electron chi connectivity index (χ2n) is 3.39. The Hall–Kier alpha value is -1.18. The Morgan fingerprint density at radius 2 is 2.33 bits per heavy atom. The number of hydrogen-bond acceptors (Lipinski definition) is 1. The monoisotopic (exact) mass is 162 g/mol. The number of nitrogens with zero attached hydrogens (tertiary/aromatic N) is 1. The molecule has 1 unspecified atom stereocenters. The van der Waals surface area contributed by atoms with Gasteiger partial charge in [-0.3, -0.25) is 4.79 Å². The Balaban J connectivity index is 2.40. The summed E-state index contributed by atoms with van der Waals surface area (Å²) < 4.78 is 2.03. The predicted molar refractivity (Wildman–Crippen MR) is 44.5 cm³/mol. The van der Waals surface area contributed by atoms with Crippen LogP contribution in [0.3, 0.4) is 0 Å². The van der Waals surface area contributed by atoms with Gasteiger partial charge < -0.3 is 0 Å². The molecule has 0 N–H and O–H groups in total. The number of carbonyl (C=O) groups is 1. The maximum absolute atomic E-state index is 11.3. The van der Waals surface area contributed by atoms with Crippen LogP contribution >= 0.6 is 0 Å². The number of hydrogen-bond donors (Lipinski definition) is 0. The van der Waals surface area contributed by atoms with Crippen molar-refractivity contribution in [3.8, 4) is 0 Å². The number of carbonyl (C=O) groups excluding carboxylic acids is 1. The molecular weight excluding hydrogens is 150 g/mol. The van der Waals surface area contributed by atoms with Gasteiger partial charge in [0.05, 0.1) is 0 Å². The maximum atomic E-state index is 11.3. The van der Waals surface area contributed by atoms with Crippen molar-refractivity contribution in [1.82, 2.24) is 0 Å². The van der Waals surface area contributed by atoms with Crippen LogP contribution in [0.25, 0.3) is 0 Å². The van der Waals surface area contributed by atoms with E-state index >= 15 is 0 Å². The average Bonchev–Trinajstić information content (AvgIpc) is 2.07. The Bertz CT molecular complexity index is 319. The van der Waals surface area contributed by atoms with E-state index in [2.05, 4.69) is 6.07 Å². The molecule has 1 atom stereocenters. The Morgan fingerprint density at radius 3 is 3.17 bits per heavy atom. The third-order valence-electron chi connectivity index (χ3n) is 2.43. The SMILES string of the molecule is CC1Cc2cccc[n+]2CC1=O. The Morgan fingerprint density at radius 1 is 1.50 bits per heavy atom. The summed E-state index contributed by atoms with van der Waals surface area (Å²) in [7, 11) is 0. The minimum atomic E-state index is 0.201. The number of rotatable bonds is 0. The minimum Gasteiger partial charge on any atom is -0.292 e. The van der Waals surface area contributed by atoms with E-state index in [9.17, 15) is 4.79 Å². The summed E-state index contributed by atoms with van der Waals surface area (Å²) in [4.78, 5) is 11.3. The molecule has 1 aromatic rings. The summed E-state index contributed by atoms with van der Waals surface area (Å²) >= 11 is 0. The quantitative estimate of drug-likeness (QED) is 0.515. The van der Waals surface area contributed by atoms with Gasteiger partial charge in [0.15, 0.2) is 11.9 Å². The molecule has 0 amide bonds. The molecule has 62 valence electrons. The first-order valence-corrected chi connectivity index (χ1v) is 4.27. The van der Waals surface area contributed by atoms with Crippen LogP contribution in [-0.2, 0) is 17.8 Å². The summed E-state index contributed by atoms with van der Waals surface area (Å²) in [5, 5.41) is 0. The number of fused-ring (bicyclic) bond motifs is 1. The molecule has 0 aliphatic carbocycles. The third-order valence-corrected chi connectivity index (χ3v) is 2.43. The summed E-state index contributed by atoms with van der Waals surface area (Å²) in [6.45, 7) is 2.55. The summed E-state index contributed by atoms with van der Waals surface area (Å²) in [6.07, 6.45) is 2.86. The highest BCUT2D eigenvalue weighted by molar-refractivity contribution is 5.80. The minimum absolute atomic E-state index is 0.201. The van der Waals surface area contributed by atoms with E-state index in [4.69, 9.17) is 0 Å². The number of ketones is 1. The van der Waals surface area contributed by atoms with Gasteiger partial charge in [-0.2, -0.15) is 4.57 Å². The van der Waals surface area contributed by atoms with Crippen molar-refractivity contribution < 1.29 is 9.36 Å². The molecule has 2 heteroatoms. The molecular formula is C10H12NO+. The van der Waals surface area contributed by atoms with Crippen LogP contribution in [0.5, 0.6) is 0 Å². The van der Waals surface area contributed by atoms with Crippen molar-refractivity contribution in [2.24, 2.45) is 5.92 Å². The molecule has 2 heterocycles. The zero-order chi connectivity index (χ0) is 8.55. The van der Waals surface area contributed by atoms with Crippen LogP contribution in [0, 0.1) is 5.92 Å². The zero-order valence-electron chi connectivity index (χ0n) is 7.16. The van der Waals surface area contributed by atoms with Gasteiger partial charge in [-0.1, -0.05) is 13.0 Å². The fraction of sp³-hybridized carbons (Fsp3) is 0.400. The van der Waals surface area contributed by atoms with E-state index < -0.39 is 0 Å². The average molecular weight is 162 g/mol. The molecule has 0 fully saturated rings. The molecule has 0 bridgehead atoms. The molecule has 1 aromatic heterocycles. The fourth-order valence-corrected chi connectivity index (χ4v) is 1.60. The van der Waals surface area contributed by atoms with Gasteiger partial charge in [-0.05, 0) is 0 Å². The standard InChI is InChI=1S/C10H12NO/c1-8-6-9-4-2-3-5-11(9)7-10(8)12/h2-5,8H,6-7H2,1H3/q+1. The van der Waals surface area contributed by atoms with Crippen LogP contribution in [0.1, 0.15) is 12.6 Å². The van der Waals surface area contributed by atoms with Gasteiger partial charge in [0.1, 0.15) is 0 Å². The van der Waals surface area contributed by atoms with Crippen LogP contribution in [0.15, 0.2) is 24.4 Å². The smallest absolute Gasteiger partial charge is 0.207 e. The van der Waals surface area contributed by atoms with Crippen LogP contribution < -0.4 is 4.57 Å². The second-order valence-corrected chi connectivity index (χ2v) is 3.39. The molecule has 1 aliphatic rings. The Kier molecular flexibility index (Phi) is 1.68. The lowest BCUT2D eigenvalue weighted by Crippen LogP contribution is -2.48. The zero-order valence-corrected chi connectivity index (χ0v) is 7.16. The van der Waals surface area contributed by atoms with Crippen molar-refractivity contribution in [1.29, 1.82) is 0 Å². The molecule has 0 radical (unpaired) electrons. The van der Waals surface area contributed by atoms with Gasteiger partial charge in [0.25, 0.3) is 0 Å². The molecule has 2 rings (SSSR count). The van der Waals surface area contributed by atoms with E-state index in [1.54, 1.807) is 0 Å². The maximum Gasteiger partial charge on any atom is 0.207 e. The molecule has 1 aliphatic heterocycles. The van der Waals surface area contributed by atoms with E-state index in [1.807, 2.05) is 29.8 Å². The molecule has 0 saturated heterocycles. The van der Waals surface area contributed by atoms with E-state index in [1.165, 1.54) is 5.69 Å². The highest BCUT2D eigenvalue weighted by Gasteiger charge is 2.27. The van der Waals surface area contributed by atoms with Crippen LogP contribution in [-0.4, -0.2) is 5.78 Å². The fourth-order valence-electron chi connectivity index (χ4n) is 1.60. The van der Waals surface area contributed by atoms with E-state index in [0.717, 1.165) is 6.42 Å².